The van der Waals surface area contributed by atoms with Crippen molar-refractivity contribution in [2.24, 2.45) is 0 Å². The average Bonchev–Trinajstić information content (AvgIpc) is 3.54. The van der Waals surface area contributed by atoms with Gasteiger partial charge in [-0.25, -0.2) is 4.98 Å². The predicted octanol–water partition coefficient (Wildman–Crippen LogP) is 5.73. The second-order valence-electron chi connectivity index (χ2n) is 11.3. The SMILES string of the molecule is CCC(CC)N(C)CCC[C@H](NC(=O)c1ccc(CNCc2ncc[nH]2)cc1)C(=O)N[C@@H](C)c1cccc2ccccc12. The zero-order valence-corrected chi connectivity index (χ0v) is 25.9. The quantitative estimate of drug-likeness (QED) is 0.135. The van der Waals surface area contributed by atoms with E-state index in [0.29, 0.717) is 31.1 Å². The second-order valence-corrected chi connectivity index (χ2v) is 11.3. The molecule has 0 saturated heterocycles. The summed E-state index contributed by atoms with van der Waals surface area (Å²) >= 11 is 0. The lowest BCUT2D eigenvalue weighted by atomic mass is 9.99. The summed E-state index contributed by atoms with van der Waals surface area (Å²) in [7, 11) is 2.14. The highest BCUT2D eigenvalue weighted by atomic mass is 16.2. The van der Waals surface area contributed by atoms with Crippen molar-refractivity contribution in [3.05, 3.63) is 102 Å². The summed E-state index contributed by atoms with van der Waals surface area (Å²) in [5, 5.41) is 11.8. The van der Waals surface area contributed by atoms with E-state index < -0.39 is 6.04 Å². The van der Waals surface area contributed by atoms with Crippen LogP contribution in [-0.4, -0.2) is 52.4 Å². The number of rotatable bonds is 16. The summed E-state index contributed by atoms with van der Waals surface area (Å²) in [6, 6.07) is 21.5. The second kappa shape index (κ2) is 16.0. The van der Waals surface area contributed by atoms with E-state index in [4.69, 9.17) is 0 Å². The van der Waals surface area contributed by atoms with Gasteiger partial charge in [0.1, 0.15) is 11.9 Å². The molecule has 0 aliphatic carbocycles. The minimum atomic E-state index is -0.644. The summed E-state index contributed by atoms with van der Waals surface area (Å²) in [5.41, 5.74) is 2.65. The largest absolute Gasteiger partial charge is 0.348 e. The number of benzene rings is 3. The van der Waals surface area contributed by atoms with Crippen LogP contribution < -0.4 is 16.0 Å². The van der Waals surface area contributed by atoms with Crippen LogP contribution in [0, 0.1) is 0 Å². The van der Waals surface area contributed by atoms with Gasteiger partial charge in [-0.1, -0.05) is 68.4 Å². The van der Waals surface area contributed by atoms with Gasteiger partial charge in [-0.05, 0) is 80.2 Å². The molecule has 0 aliphatic heterocycles. The van der Waals surface area contributed by atoms with Crippen LogP contribution in [0.25, 0.3) is 10.8 Å². The first-order chi connectivity index (χ1) is 20.9. The van der Waals surface area contributed by atoms with Gasteiger partial charge in [0, 0.05) is 30.5 Å². The monoisotopic (exact) mass is 582 g/mol. The lowest BCUT2D eigenvalue weighted by Crippen LogP contribution is -2.47. The van der Waals surface area contributed by atoms with E-state index in [2.05, 4.69) is 76.0 Å². The Bertz CT molecular complexity index is 1430. The molecular weight excluding hydrogens is 536 g/mol. The number of imidazole rings is 1. The van der Waals surface area contributed by atoms with Crippen LogP contribution in [0.2, 0.25) is 0 Å². The minimum absolute atomic E-state index is 0.169. The third-order valence-corrected chi connectivity index (χ3v) is 8.23. The maximum Gasteiger partial charge on any atom is 0.251 e. The standard InChI is InChI=1S/C35H46N6O2/c1-5-29(6-2)41(4)22-10-15-32(35(43)39-25(3)30-14-9-12-27-11-7-8-13-31(27)30)40-34(42)28-18-16-26(17-19-28)23-36-24-33-37-20-21-38-33/h7-9,11-14,16-21,25,29,32,36H,5-6,10,15,22-24H2,1-4H3,(H,37,38)(H,39,43)(H,40,42)/t25-,32-/m0/s1. The smallest absolute Gasteiger partial charge is 0.251 e. The van der Waals surface area contributed by atoms with Crippen LogP contribution in [0.15, 0.2) is 79.1 Å². The molecule has 0 aliphatic rings. The summed E-state index contributed by atoms with van der Waals surface area (Å²) < 4.78 is 0. The van der Waals surface area contributed by atoms with Gasteiger partial charge >= 0.3 is 0 Å². The van der Waals surface area contributed by atoms with E-state index in [1.54, 1.807) is 12.4 Å². The molecule has 0 radical (unpaired) electrons. The summed E-state index contributed by atoms with van der Waals surface area (Å²) in [4.78, 5) is 36.7. The number of carbonyl (C=O) groups excluding carboxylic acids is 2. The fraction of sp³-hybridized carbons (Fsp3) is 0.400. The first-order valence-corrected chi connectivity index (χ1v) is 15.5. The van der Waals surface area contributed by atoms with Crippen LogP contribution in [0.1, 0.15) is 79.8 Å². The topological polar surface area (TPSA) is 102 Å². The van der Waals surface area contributed by atoms with Crippen LogP contribution in [0.4, 0.5) is 0 Å². The first-order valence-electron chi connectivity index (χ1n) is 15.5. The van der Waals surface area contributed by atoms with Crippen molar-refractivity contribution in [1.82, 2.24) is 30.8 Å². The molecule has 228 valence electrons. The fourth-order valence-electron chi connectivity index (χ4n) is 5.66. The van der Waals surface area contributed by atoms with Gasteiger partial charge in [0.2, 0.25) is 5.91 Å². The number of aromatic nitrogens is 2. The highest BCUT2D eigenvalue weighted by Gasteiger charge is 2.24. The number of amides is 2. The summed E-state index contributed by atoms with van der Waals surface area (Å²) in [5.74, 6) is 0.459. The zero-order chi connectivity index (χ0) is 30.6. The Balaban J connectivity index is 1.41. The van der Waals surface area contributed by atoms with E-state index >= 15 is 0 Å². The maximum absolute atomic E-state index is 13.7. The first kappa shape index (κ1) is 31.9. The number of nitrogens with one attached hydrogen (secondary N) is 4. The van der Waals surface area contributed by atoms with E-state index in [9.17, 15) is 9.59 Å². The van der Waals surface area contributed by atoms with E-state index in [1.165, 1.54) is 0 Å². The van der Waals surface area contributed by atoms with Gasteiger partial charge in [-0.15, -0.1) is 0 Å². The van der Waals surface area contributed by atoms with E-state index in [-0.39, 0.29) is 17.9 Å². The molecule has 0 bridgehead atoms. The van der Waals surface area contributed by atoms with Crippen LogP contribution in [0.5, 0.6) is 0 Å². The van der Waals surface area contributed by atoms with E-state index in [0.717, 1.165) is 53.5 Å². The van der Waals surface area contributed by atoms with Crippen molar-refractivity contribution in [3.8, 4) is 0 Å². The highest BCUT2D eigenvalue weighted by Crippen LogP contribution is 2.24. The lowest BCUT2D eigenvalue weighted by molar-refractivity contribution is -0.123. The van der Waals surface area contributed by atoms with Crippen molar-refractivity contribution < 1.29 is 9.59 Å². The molecule has 4 N–H and O–H groups in total. The fourth-order valence-corrected chi connectivity index (χ4v) is 5.66. The Morgan fingerprint density at radius 1 is 0.930 bits per heavy atom. The Morgan fingerprint density at radius 3 is 2.40 bits per heavy atom. The van der Waals surface area contributed by atoms with Crippen molar-refractivity contribution in [2.75, 3.05) is 13.6 Å². The molecule has 1 aromatic heterocycles. The van der Waals surface area contributed by atoms with Crippen molar-refractivity contribution in [1.29, 1.82) is 0 Å². The Morgan fingerprint density at radius 2 is 1.67 bits per heavy atom. The number of hydrogen-bond donors (Lipinski definition) is 4. The van der Waals surface area contributed by atoms with Crippen LogP contribution in [-0.2, 0) is 17.9 Å². The third kappa shape index (κ3) is 8.99. The molecule has 8 heteroatoms. The molecule has 0 fully saturated rings. The third-order valence-electron chi connectivity index (χ3n) is 8.23. The van der Waals surface area contributed by atoms with Gasteiger partial charge in [0.05, 0.1) is 12.6 Å². The number of carbonyl (C=O) groups is 2. The number of nitrogens with zero attached hydrogens (tertiary/aromatic N) is 2. The van der Waals surface area contributed by atoms with Crippen molar-refractivity contribution in [2.45, 2.75) is 77.7 Å². The van der Waals surface area contributed by atoms with Gasteiger partial charge in [0.25, 0.3) is 5.91 Å². The Kier molecular flexibility index (Phi) is 11.9. The van der Waals surface area contributed by atoms with Crippen LogP contribution in [0.3, 0.4) is 0 Å². The molecule has 2 atom stereocenters. The highest BCUT2D eigenvalue weighted by molar-refractivity contribution is 5.97. The number of H-pyrrole nitrogens is 1. The van der Waals surface area contributed by atoms with E-state index in [1.807, 2.05) is 49.4 Å². The molecule has 4 aromatic rings. The van der Waals surface area contributed by atoms with Crippen LogP contribution >= 0.6 is 0 Å². The molecule has 0 unspecified atom stereocenters. The number of fused-ring (bicyclic) bond motifs is 1. The van der Waals surface area contributed by atoms with Gasteiger partial charge in [-0.3, -0.25) is 9.59 Å². The molecule has 1 heterocycles. The molecule has 0 spiro atoms. The summed E-state index contributed by atoms with van der Waals surface area (Å²) in [6.07, 6.45) is 7.06. The molecule has 3 aromatic carbocycles. The molecular formula is C35H46N6O2. The average molecular weight is 583 g/mol. The van der Waals surface area contributed by atoms with Crippen molar-refractivity contribution >= 4 is 22.6 Å². The molecule has 8 nitrogen and oxygen atoms in total. The number of aromatic amines is 1. The maximum atomic E-state index is 13.7. The van der Waals surface area contributed by atoms with Crippen molar-refractivity contribution in [3.63, 3.8) is 0 Å². The van der Waals surface area contributed by atoms with Gasteiger partial charge in [-0.2, -0.15) is 0 Å². The minimum Gasteiger partial charge on any atom is -0.348 e. The molecule has 43 heavy (non-hydrogen) atoms. The predicted molar refractivity (Wildman–Crippen MR) is 174 cm³/mol. The Hall–Kier alpha value is -4.01. The lowest BCUT2D eigenvalue weighted by Gasteiger charge is -2.27. The number of hydrogen-bond acceptors (Lipinski definition) is 5. The Labute approximate surface area is 255 Å². The normalized spacial score (nSPS) is 12.9. The van der Waals surface area contributed by atoms with Gasteiger partial charge in [0.15, 0.2) is 0 Å². The summed E-state index contributed by atoms with van der Waals surface area (Å²) in [6.45, 7) is 8.56. The zero-order valence-electron chi connectivity index (χ0n) is 25.9. The molecule has 2 amide bonds. The van der Waals surface area contributed by atoms with Gasteiger partial charge < -0.3 is 25.8 Å². The molecule has 4 rings (SSSR count). The molecule has 0 saturated carbocycles.